The van der Waals surface area contributed by atoms with Crippen molar-refractivity contribution in [2.45, 2.75) is 20.4 Å². The Morgan fingerprint density at radius 1 is 1.11 bits per heavy atom. The number of aryl methyl sites for hydroxylation is 2. The smallest absolute Gasteiger partial charge is 0.240 e. The number of aromatic nitrogens is 3. The van der Waals surface area contributed by atoms with E-state index in [1.165, 1.54) is 5.56 Å². The number of rotatable bonds is 7. The molecule has 0 aliphatic rings. The molecule has 2 N–H and O–H groups in total. The molecule has 0 spiro atoms. The average molecular weight is 382 g/mol. The van der Waals surface area contributed by atoms with Crippen LogP contribution in [0.2, 0.25) is 0 Å². The molecule has 0 aliphatic heterocycles. The van der Waals surface area contributed by atoms with Gasteiger partial charge in [0.1, 0.15) is 18.9 Å². The van der Waals surface area contributed by atoms with Crippen molar-refractivity contribution in [1.29, 1.82) is 0 Å². The summed E-state index contributed by atoms with van der Waals surface area (Å²) in [6.07, 6.45) is 0. The van der Waals surface area contributed by atoms with Crippen molar-refractivity contribution in [2.75, 3.05) is 13.2 Å². The molecule has 3 rings (SSSR count). The van der Waals surface area contributed by atoms with E-state index in [0.29, 0.717) is 23.7 Å². The van der Waals surface area contributed by atoms with Crippen LogP contribution >= 0.6 is 12.2 Å². The van der Waals surface area contributed by atoms with Crippen LogP contribution in [0.1, 0.15) is 11.1 Å². The molecule has 140 valence electrons. The predicted molar refractivity (Wildman–Crippen MR) is 107 cm³/mol. The van der Waals surface area contributed by atoms with Gasteiger partial charge < -0.3 is 10.1 Å². The number of hydrogen-bond acceptors (Lipinski definition) is 4. The quantitative estimate of drug-likeness (QED) is 0.485. The van der Waals surface area contributed by atoms with Gasteiger partial charge in [-0.2, -0.15) is 5.10 Å². The van der Waals surface area contributed by atoms with Gasteiger partial charge in [0.2, 0.25) is 5.91 Å². The molecule has 0 saturated carbocycles. The Bertz CT molecular complexity index is 959. The van der Waals surface area contributed by atoms with E-state index in [-0.39, 0.29) is 12.5 Å². The van der Waals surface area contributed by atoms with Crippen molar-refractivity contribution in [3.05, 3.63) is 64.4 Å². The van der Waals surface area contributed by atoms with Gasteiger partial charge in [0, 0.05) is 5.56 Å². The number of hydrogen-bond donors (Lipinski definition) is 2. The summed E-state index contributed by atoms with van der Waals surface area (Å²) in [6, 6.07) is 15.7. The van der Waals surface area contributed by atoms with E-state index >= 15 is 0 Å². The first kappa shape index (κ1) is 18.8. The second-order valence-electron chi connectivity index (χ2n) is 6.32. The van der Waals surface area contributed by atoms with Crippen LogP contribution in [0.15, 0.2) is 48.5 Å². The van der Waals surface area contributed by atoms with Crippen LogP contribution in [0.5, 0.6) is 5.75 Å². The third-order valence-corrected chi connectivity index (χ3v) is 4.40. The lowest BCUT2D eigenvalue weighted by molar-refractivity contribution is -0.121. The van der Waals surface area contributed by atoms with Crippen molar-refractivity contribution in [3.8, 4) is 17.1 Å². The van der Waals surface area contributed by atoms with Gasteiger partial charge >= 0.3 is 0 Å². The SMILES string of the molecule is Cc1ccc(OCCNC(=O)Cn2c(-c3ccc(C)cc3)n[nH]c2=S)cc1. The second kappa shape index (κ2) is 8.64. The molecule has 0 fully saturated rings. The molecule has 1 heterocycles. The van der Waals surface area contributed by atoms with E-state index in [9.17, 15) is 4.79 Å². The molecule has 0 saturated heterocycles. The number of aromatic amines is 1. The number of nitrogens with one attached hydrogen (secondary N) is 2. The third kappa shape index (κ3) is 5.04. The summed E-state index contributed by atoms with van der Waals surface area (Å²) in [6.45, 7) is 4.96. The zero-order valence-corrected chi connectivity index (χ0v) is 16.2. The van der Waals surface area contributed by atoms with Crippen LogP contribution in [0.25, 0.3) is 11.4 Å². The lowest BCUT2D eigenvalue weighted by atomic mass is 10.1. The fourth-order valence-electron chi connectivity index (χ4n) is 2.58. The minimum atomic E-state index is -0.145. The lowest BCUT2D eigenvalue weighted by Gasteiger charge is -2.10. The van der Waals surface area contributed by atoms with E-state index in [4.69, 9.17) is 17.0 Å². The monoisotopic (exact) mass is 382 g/mol. The standard InChI is InChI=1S/C20H22N4O2S/c1-14-3-7-16(8-4-14)19-22-23-20(27)24(19)13-18(25)21-11-12-26-17-9-5-15(2)6-10-17/h3-10H,11-13H2,1-2H3,(H,21,25)(H,23,27). The Morgan fingerprint density at radius 3 is 2.41 bits per heavy atom. The van der Waals surface area contributed by atoms with E-state index < -0.39 is 0 Å². The molecule has 0 bridgehead atoms. The van der Waals surface area contributed by atoms with Crippen molar-refractivity contribution >= 4 is 18.1 Å². The van der Waals surface area contributed by atoms with Crippen molar-refractivity contribution < 1.29 is 9.53 Å². The Hall–Kier alpha value is -2.93. The molecule has 0 radical (unpaired) electrons. The third-order valence-electron chi connectivity index (χ3n) is 4.08. The van der Waals surface area contributed by atoms with E-state index in [0.717, 1.165) is 16.9 Å². The highest BCUT2D eigenvalue weighted by Crippen LogP contribution is 2.17. The zero-order chi connectivity index (χ0) is 19.2. The van der Waals surface area contributed by atoms with Crippen molar-refractivity contribution in [1.82, 2.24) is 20.1 Å². The van der Waals surface area contributed by atoms with Crippen LogP contribution < -0.4 is 10.1 Å². The number of H-pyrrole nitrogens is 1. The Kier molecular flexibility index (Phi) is 6.03. The molecule has 0 atom stereocenters. The van der Waals surface area contributed by atoms with Gasteiger partial charge in [-0.3, -0.25) is 14.5 Å². The second-order valence-corrected chi connectivity index (χ2v) is 6.70. The summed E-state index contributed by atoms with van der Waals surface area (Å²) in [5.74, 6) is 1.29. The predicted octanol–water partition coefficient (Wildman–Crippen LogP) is 3.42. The number of ether oxygens (including phenoxy) is 1. The molecule has 0 aliphatic carbocycles. The Labute approximate surface area is 163 Å². The summed E-state index contributed by atoms with van der Waals surface area (Å²) < 4.78 is 7.72. The first-order valence-electron chi connectivity index (χ1n) is 8.71. The largest absolute Gasteiger partial charge is 0.492 e. The summed E-state index contributed by atoms with van der Waals surface area (Å²) in [7, 11) is 0. The van der Waals surface area contributed by atoms with Gasteiger partial charge in [-0.15, -0.1) is 0 Å². The topological polar surface area (TPSA) is 71.9 Å². The first-order chi connectivity index (χ1) is 13.0. The van der Waals surface area contributed by atoms with Gasteiger partial charge in [-0.1, -0.05) is 47.5 Å². The number of amides is 1. The van der Waals surface area contributed by atoms with Crippen LogP contribution in [0, 0.1) is 18.6 Å². The summed E-state index contributed by atoms with van der Waals surface area (Å²) in [5.41, 5.74) is 3.24. The zero-order valence-electron chi connectivity index (χ0n) is 15.4. The minimum Gasteiger partial charge on any atom is -0.492 e. The van der Waals surface area contributed by atoms with Gasteiger partial charge in [-0.25, -0.2) is 0 Å². The van der Waals surface area contributed by atoms with E-state index in [1.807, 2.05) is 62.4 Å². The normalized spacial score (nSPS) is 10.6. The van der Waals surface area contributed by atoms with E-state index in [2.05, 4.69) is 15.5 Å². The maximum atomic E-state index is 12.3. The molecule has 3 aromatic rings. The number of carbonyl (C=O) groups is 1. The van der Waals surface area contributed by atoms with Crippen LogP contribution in [0.4, 0.5) is 0 Å². The molecule has 27 heavy (non-hydrogen) atoms. The molecule has 1 amide bonds. The molecule has 1 aromatic heterocycles. The van der Waals surface area contributed by atoms with Gasteiger partial charge in [-0.05, 0) is 38.2 Å². The minimum absolute atomic E-state index is 0.100. The highest BCUT2D eigenvalue weighted by atomic mass is 32.1. The van der Waals surface area contributed by atoms with Gasteiger partial charge in [0.25, 0.3) is 0 Å². The van der Waals surface area contributed by atoms with Crippen LogP contribution in [-0.4, -0.2) is 33.8 Å². The number of nitrogens with zero attached hydrogens (tertiary/aromatic N) is 2. The maximum Gasteiger partial charge on any atom is 0.240 e. The Balaban J connectivity index is 1.55. The molecule has 6 nitrogen and oxygen atoms in total. The summed E-state index contributed by atoms with van der Waals surface area (Å²) in [5, 5.41) is 9.86. The highest BCUT2D eigenvalue weighted by Gasteiger charge is 2.12. The fraction of sp³-hybridized carbons (Fsp3) is 0.250. The average Bonchev–Trinajstić information content (AvgIpc) is 3.01. The molecular formula is C20H22N4O2S. The van der Waals surface area contributed by atoms with Gasteiger partial charge in [0.15, 0.2) is 10.6 Å². The van der Waals surface area contributed by atoms with Crippen molar-refractivity contribution in [3.63, 3.8) is 0 Å². The maximum absolute atomic E-state index is 12.3. The van der Waals surface area contributed by atoms with Crippen LogP contribution in [0.3, 0.4) is 0 Å². The molecule has 7 heteroatoms. The molecular weight excluding hydrogens is 360 g/mol. The highest BCUT2D eigenvalue weighted by molar-refractivity contribution is 7.71. The lowest BCUT2D eigenvalue weighted by Crippen LogP contribution is -2.31. The van der Waals surface area contributed by atoms with Crippen molar-refractivity contribution in [2.24, 2.45) is 0 Å². The molecule has 2 aromatic carbocycles. The fourth-order valence-corrected chi connectivity index (χ4v) is 2.78. The first-order valence-corrected chi connectivity index (χ1v) is 9.12. The van der Waals surface area contributed by atoms with E-state index in [1.54, 1.807) is 4.57 Å². The summed E-state index contributed by atoms with van der Waals surface area (Å²) >= 11 is 5.27. The molecule has 0 unspecified atom stereocenters. The summed E-state index contributed by atoms with van der Waals surface area (Å²) in [4.78, 5) is 12.3. The van der Waals surface area contributed by atoms with Crippen LogP contribution in [-0.2, 0) is 11.3 Å². The van der Waals surface area contributed by atoms with Gasteiger partial charge in [0.05, 0.1) is 6.54 Å². The Morgan fingerprint density at radius 2 is 1.74 bits per heavy atom. The number of benzene rings is 2. The number of carbonyl (C=O) groups excluding carboxylic acids is 1.